The Morgan fingerprint density at radius 3 is 3.00 bits per heavy atom. The van der Waals surface area contributed by atoms with Crippen LogP contribution < -0.4 is 10.2 Å². The maximum Gasteiger partial charge on any atom is 0.185 e. The molecule has 2 atom stereocenters. The van der Waals surface area contributed by atoms with Crippen LogP contribution in [0.25, 0.3) is 0 Å². The van der Waals surface area contributed by atoms with Gasteiger partial charge in [-0.05, 0) is 13.3 Å². The zero-order chi connectivity index (χ0) is 16.2. The first-order valence-electron chi connectivity index (χ1n) is 8.14. The van der Waals surface area contributed by atoms with E-state index in [1.54, 1.807) is 11.3 Å². The van der Waals surface area contributed by atoms with Crippen LogP contribution in [-0.2, 0) is 17.8 Å². The van der Waals surface area contributed by atoms with Crippen LogP contribution in [0.5, 0.6) is 0 Å². The lowest BCUT2D eigenvalue weighted by Crippen LogP contribution is -2.24. The van der Waals surface area contributed by atoms with E-state index in [0.717, 1.165) is 37.8 Å². The monoisotopic (exact) mass is 335 g/mol. The third-order valence-corrected chi connectivity index (χ3v) is 5.31. The van der Waals surface area contributed by atoms with Crippen molar-refractivity contribution in [2.75, 3.05) is 32.1 Å². The van der Waals surface area contributed by atoms with Gasteiger partial charge in [0, 0.05) is 69.1 Å². The molecule has 0 aliphatic carbocycles. The normalized spacial score (nSPS) is 21.0. The van der Waals surface area contributed by atoms with Crippen molar-refractivity contribution in [3.8, 4) is 0 Å². The van der Waals surface area contributed by atoms with Gasteiger partial charge < -0.3 is 15.0 Å². The predicted octanol–water partition coefficient (Wildman–Crippen LogP) is 2.29. The van der Waals surface area contributed by atoms with Gasteiger partial charge in [0.2, 0.25) is 0 Å². The molecule has 2 aromatic rings. The summed E-state index contributed by atoms with van der Waals surface area (Å²) in [7, 11) is 4.04. The highest BCUT2D eigenvalue weighted by Gasteiger charge is 2.30. The van der Waals surface area contributed by atoms with Gasteiger partial charge in [0.05, 0.1) is 12.3 Å². The Morgan fingerprint density at radius 2 is 2.30 bits per heavy atom. The molecule has 3 rings (SSSR count). The maximum atomic E-state index is 5.94. The van der Waals surface area contributed by atoms with Crippen LogP contribution in [-0.4, -0.2) is 42.0 Å². The standard InChI is InChI=1S/C16H25N5OS/c1-4-21-11-13(8-19-21)15-12(5-6-22-15)7-17-9-14-10-18-16(23-14)20(2)3/h8,10-12,15,17H,4-7,9H2,1-3H3/t12-,15-/m1/s1. The summed E-state index contributed by atoms with van der Waals surface area (Å²) in [5.74, 6) is 0.505. The predicted molar refractivity (Wildman–Crippen MR) is 92.8 cm³/mol. The molecule has 0 saturated carbocycles. The second-order valence-corrected chi connectivity index (χ2v) is 7.20. The number of hydrogen-bond acceptors (Lipinski definition) is 6. The number of ether oxygens (including phenoxy) is 1. The molecule has 6 nitrogen and oxygen atoms in total. The van der Waals surface area contributed by atoms with Crippen molar-refractivity contribution in [2.24, 2.45) is 5.92 Å². The number of rotatable bonds is 7. The highest BCUT2D eigenvalue weighted by Crippen LogP contribution is 2.34. The lowest BCUT2D eigenvalue weighted by molar-refractivity contribution is 0.0904. The molecule has 0 amide bonds. The molecule has 0 bridgehead atoms. The smallest absolute Gasteiger partial charge is 0.185 e. The molecule has 1 aliphatic heterocycles. The fourth-order valence-corrected chi connectivity index (χ4v) is 3.68. The van der Waals surface area contributed by atoms with Crippen molar-refractivity contribution in [3.63, 3.8) is 0 Å². The third-order valence-electron chi connectivity index (χ3n) is 4.15. The summed E-state index contributed by atoms with van der Waals surface area (Å²) in [5, 5.41) is 8.98. The van der Waals surface area contributed by atoms with Crippen LogP contribution in [0.15, 0.2) is 18.6 Å². The number of nitrogens with one attached hydrogen (secondary N) is 1. The Hall–Kier alpha value is -1.44. The van der Waals surface area contributed by atoms with Gasteiger partial charge >= 0.3 is 0 Å². The van der Waals surface area contributed by atoms with E-state index in [1.165, 1.54) is 10.4 Å². The first-order chi connectivity index (χ1) is 11.2. The van der Waals surface area contributed by atoms with Gasteiger partial charge in [0.1, 0.15) is 0 Å². The number of thiazole rings is 1. The zero-order valence-electron chi connectivity index (χ0n) is 14.0. The van der Waals surface area contributed by atoms with Crippen molar-refractivity contribution in [1.29, 1.82) is 0 Å². The number of aromatic nitrogens is 3. The molecule has 3 heterocycles. The SMILES string of the molecule is CCn1cc([C@@H]2OCC[C@@H]2CNCc2cnc(N(C)C)s2)cn1. The van der Waals surface area contributed by atoms with Crippen molar-refractivity contribution in [3.05, 3.63) is 29.0 Å². The summed E-state index contributed by atoms with van der Waals surface area (Å²) in [6.45, 7) is 5.65. The Morgan fingerprint density at radius 1 is 1.43 bits per heavy atom. The summed E-state index contributed by atoms with van der Waals surface area (Å²) >= 11 is 1.73. The summed E-state index contributed by atoms with van der Waals surface area (Å²) in [6.07, 6.45) is 7.28. The number of anilines is 1. The fourth-order valence-electron chi connectivity index (χ4n) is 2.88. The van der Waals surface area contributed by atoms with Crippen LogP contribution in [0.1, 0.15) is 29.9 Å². The number of nitrogens with zero attached hydrogens (tertiary/aromatic N) is 4. The molecule has 1 aliphatic rings. The van der Waals surface area contributed by atoms with Crippen LogP contribution in [0.4, 0.5) is 5.13 Å². The van der Waals surface area contributed by atoms with Gasteiger partial charge in [-0.3, -0.25) is 4.68 Å². The van der Waals surface area contributed by atoms with E-state index in [1.807, 2.05) is 36.1 Å². The van der Waals surface area contributed by atoms with Crippen molar-refractivity contribution in [2.45, 2.75) is 32.5 Å². The minimum Gasteiger partial charge on any atom is -0.373 e. The van der Waals surface area contributed by atoms with Gasteiger partial charge in [-0.25, -0.2) is 4.98 Å². The summed E-state index contributed by atoms with van der Waals surface area (Å²) in [5.41, 5.74) is 1.20. The van der Waals surface area contributed by atoms with E-state index in [4.69, 9.17) is 4.74 Å². The molecule has 126 valence electrons. The van der Waals surface area contributed by atoms with Gasteiger partial charge in [0.25, 0.3) is 0 Å². The van der Waals surface area contributed by atoms with Gasteiger partial charge in [-0.1, -0.05) is 0 Å². The lowest BCUT2D eigenvalue weighted by Gasteiger charge is -2.17. The molecule has 2 aromatic heterocycles. The second-order valence-electron chi connectivity index (χ2n) is 6.10. The third kappa shape index (κ3) is 3.91. The van der Waals surface area contributed by atoms with Gasteiger partial charge in [-0.15, -0.1) is 11.3 Å². The average Bonchev–Trinajstić information content (AvgIpc) is 3.27. The molecular formula is C16H25N5OS. The van der Waals surface area contributed by atoms with E-state index in [0.29, 0.717) is 5.92 Å². The first kappa shape index (κ1) is 16.4. The van der Waals surface area contributed by atoms with E-state index in [2.05, 4.69) is 28.5 Å². The molecule has 0 unspecified atom stereocenters. The Balaban J connectivity index is 1.52. The first-order valence-corrected chi connectivity index (χ1v) is 8.95. The number of aryl methyl sites for hydroxylation is 1. The second kappa shape index (κ2) is 7.42. The Bertz CT molecular complexity index is 624. The van der Waals surface area contributed by atoms with E-state index in [-0.39, 0.29) is 6.10 Å². The quantitative estimate of drug-likeness (QED) is 0.841. The topological polar surface area (TPSA) is 55.2 Å². The summed E-state index contributed by atoms with van der Waals surface area (Å²) in [4.78, 5) is 7.72. The highest BCUT2D eigenvalue weighted by atomic mass is 32.1. The average molecular weight is 335 g/mol. The molecule has 1 fully saturated rings. The molecule has 0 aromatic carbocycles. The summed E-state index contributed by atoms with van der Waals surface area (Å²) < 4.78 is 7.90. The lowest BCUT2D eigenvalue weighted by atomic mass is 9.97. The van der Waals surface area contributed by atoms with E-state index in [9.17, 15) is 0 Å². The van der Waals surface area contributed by atoms with E-state index >= 15 is 0 Å². The van der Waals surface area contributed by atoms with Crippen LogP contribution in [0, 0.1) is 5.92 Å². The maximum absolute atomic E-state index is 5.94. The molecule has 7 heteroatoms. The molecule has 0 radical (unpaired) electrons. The molecule has 23 heavy (non-hydrogen) atoms. The van der Waals surface area contributed by atoms with E-state index < -0.39 is 0 Å². The van der Waals surface area contributed by atoms with Gasteiger partial charge in [-0.2, -0.15) is 5.10 Å². The minimum atomic E-state index is 0.168. The van der Waals surface area contributed by atoms with Crippen LogP contribution in [0.2, 0.25) is 0 Å². The fraction of sp³-hybridized carbons (Fsp3) is 0.625. The van der Waals surface area contributed by atoms with Crippen LogP contribution in [0.3, 0.4) is 0 Å². The molecule has 1 saturated heterocycles. The molecule has 1 N–H and O–H groups in total. The van der Waals surface area contributed by atoms with Crippen molar-refractivity contribution < 1.29 is 4.74 Å². The zero-order valence-corrected chi connectivity index (χ0v) is 14.8. The van der Waals surface area contributed by atoms with Gasteiger partial charge in [0.15, 0.2) is 5.13 Å². The molecule has 0 spiro atoms. The number of hydrogen-bond donors (Lipinski definition) is 1. The highest BCUT2D eigenvalue weighted by molar-refractivity contribution is 7.15. The Labute approximate surface area is 141 Å². The largest absolute Gasteiger partial charge is 0.373 e. The summed E-state index contributed by atoms with van der Waals surface area (Å²) in [6, 6.07) is 0. The van der Waals surface area contributed by atoms with Crippen molar-refractivity contribution >= 4 is 16.5 Å². The Kier molecular flexibility index (Phi) is 5.30. The molecular weight excluding hydrogens is 310 g/mol. The van der Waals surface area contributed by atoms with Crippen molar-refractivity contribution in [1.82, 2.24) is 20.1 Å². The minimum absolute atomic E-state index is 0.168. The van der Waals surface area contributed by atoms with Crippen LogP contribution >= 0.6 is 11.3 Å².